The molecule has 0 bridgehead atoms. The SMILES string of the molecule is CCOc1ccc(C(=O)Cc2ccc(C(F)(F)OC3CCC(C)CC3)cc2)c(O)c1F. The molecule has 3 rings (SSSR count). The van der Waals surface area contributed by atoms with Gasteiger partial charge in [-0.05, 0) is 56.2 Å². The summed E-state index contributed by atoms with van der Waals surface area (Å²) in [5, 5.41) is 9.98. The molecule has 0 aliphatic heterocycles. The Morgan fingerprint density at radius 2 is 1.74 bits per heavy atom. The van der Waals surface area contributed by atoms with Gasteiger partial charge >= 0.3 is 6.11 Å². The molecule has 0 amide bonds. The Morgan fingerprint density at radius 1 is 1.10 bits per heavy atom. The van der Waals surface area contributed by atoms with Crippen molar-refractivity contribution in [3.05, 3.63) is 58.9 Å². The van der Waals surface area contributed by atoms with E-state index >= 15 is 0 Å². The van der Waals surface area contributed by atoms with Gasteiger partial charge in [0.05, 0.1) is 23.8 Å². The van der Waals surface area contributed by atoms with Crippen molar-refractivity contribution < 1.29 is 32.5 Å². The lowest BCUT2D eigenvalue weighted by Crippen LogP contribution is -2.29. The number of phenols is 1. The number of carbonyl (C=O) groups is 1. The zero-order valence-electron chi connectivity index (χ0n) is 17.7. The molecular formula is C24H27F3O4. The first-order valence-corrected chi connectivity index (χ1v) is 10.5. The normalized spacial score (nSPS) is 19.3. The molecule has 1 aliphatic carbocycles. The third-order valence-electron chi connectivity index (χ3n) is 5.61. The van der Waals surface area contributed by atoms with Crippen LogP contribution in [-0.2, 0) is 17.3 Å². The van der Waals surface area contributed by atoms with Crippen LogP contribution in [0.1, 0.15) is 61.0 Å². The largest absolute Gasteiger partial charge is 0.504 e. The molecule has 1 fully saturated rings. The molecule has 2 aromatic carbocycles. The van der Waals surface area contributed by atoms with E-state index in [9.17, 15) is 23.1 Å². The molecule has 0 unspecified atom stereocenters. The Bertz CT molecular complexity index is 904. The summed E-state index contributed by atoms with van der Waals surface area (Å²) in [6, 6.07) is 7.84. The van der Waals surface area contributed by atoms with Crippen LogP contribution in [0.2, 0.25) is 0 Å². The van der Waals surface area contributed by atoms with Crippen molar-refractivity contribution in [2.45, 2.75) is 58.2 Å². The molecule has 0 aromatic heterocycles. The molecule has 2 aromatic rings. The van der Waals surface area contributed by atoms with Gasteiger partial charge in [-0.25, -0.2) is 0 Å². The van der Waals surface area contributed by atoms with E-state index in [-0.39, 0.29) is 29.9 Å². The molecule has 0 atom stereocenters. The highest BCUT2D eigenvalue weighted by Gasteiger charge is 2.37. The van der Waals surface area contributed by atoms with E-state index < -0.39 is 29.6 Å². The van der Waals surface area contributed by atoms with Gasteiger partial charge in [0, 0.05) is 6.42 Å². The van der Waals surface area contributed by atoms with Gasteiger partial charge in [-0.1, -0.05) is 31.2 Å². The van der Waals surface area contributed by atoms with Crippen LogP contribution in [0.4, 0.5) is 13.2 Å². The van der Waals surface area contributed by atoms with Crippen molar-refractivity contribution in [3.63, 3.8) is 0 Å². The molecule has 1 saturated carbocycles. The van der Waals surface area contributed by atoms with Crippen LogP contribution in [0.25, 0.3) is 0 Å². The molecule has 31 heavy (non-hydrogen) atoms. The van der Waals surface area contributed by atoms with E-state index in [0.29, 0.717) is 24.3 Å². The van der Waals surface area contributed by atoms with Crippen molar-refractivity contribution in [1.82, 2.24) is 0 Å². The average molecular weight is 436 g/mol. The van der Waals surface area contributed by atoms with Crippen LogP contribution in [0.5, 0.6) is 11.5 Å². The van der Waals surface area contributed by atoms with Gasteiger partial charge in [0.25, 0.3) is 0 Å². The maximum atomic E-state index is 14.5. The summed E-state index contributed by atoms with van der Waals surface area (Å²) in [6.07, 6.45) is -1.07. The lowest BCUT2D eigenvalue weighted by Gasteiger charge is -2.29. The molecule has 0 radical (unpaired) electrons. The molecule has 168 valence electrons. The number of ketones is 1. The Hall–Kier alpha value is -2.54. The van der Waals surface area contributed by atoms with Gasteiger partial charge in [0.2, 0.25) is 5.82 Å². The Morgan fingerprint density at radius 3 is 2.35 bits per heavy atom. The lowest BCUT2D eigenvalue weighted by atomic mass is 9.89. The first-order valence-electron chi connectivity index (χ1n) is 10.5. The summed E-state index contributed by atoms with van der Waals surface area (Å²) < 4.78 is 53.3. The van der Waals surface area contributed by atoms with Crippen molar-refractivity contribution in [2.75, 3.05) is 6.61 Å². The zero-order valence-corrected chi connectivity index (χ0v) is 17.7. The predicted octanol–water partition coefficient (Wildman–Crippen LogP) is 6.00. The van der Waals surface area contributed by atoms with E-state index in [1.54, 1.807) is 6.92 Å². The number of ether oxygens (including phenoxy) is 2. The summed E-state index contributed by atoms with van der Waals surface area (Å²) in [4.78, 5) is 12.5. The highest BCUT2D eigenvalue weighted by Crippen LogP contribution is 2.36. The van der Waals surface area contributed by atoms with Crippen LogP contribution >= 0.6 is 0 Å². The molecule has 0 saturated heterocycles. The number of alkyl halides is 2. The second-order valence-corrected chi connectivity index (χ2v) is 8.02. The fourth-order valence-corrected chi connectivity index (χ4v) is 3.76. The number of aromatic hydroxyl groups is 1. The van der Waals surface area contributed by atoms with E-state index in [2.05, 4.69) is 6.92 Å². The first kappa shape index (κ1) is 23.1. The first-order chi connectivity index (χ1) is 14.7. The Balaban J connectivity index is 1.66. The second kappa shape index (κ2) is 9.73. The molecule has 0 spiro atoms. The van der Waals surface area contributed by atoms with Crippen molar-refractivity contribution in [2.24, 2.45) is 5.92 Å². The monoisotopic (exact) mass is 436 g/mol. The predicted molar refractivity (Wildman–Crippen MR) is 110 cm³/mol. The molecule has 7 heteroatoms. The van der Waals surface area contributed by atoms with Gasteiger partial charge in [-0.15, -0.1) is 0 Å². The van der Waals surface area contributed by atoms with Crippen LogP contribution in [0.3, 0.4) is 0 Å². The fraction of sp³-hybridized carbons (Fsp3) is 0.458. The lowest BCUT2D eigenvalue weighted by molar-refractivity contribution is -0.277. The van der Waals surface area contributed by atoms with E-state index in [0.717, 1.165) is 12.8 Å². The van der Waals surface area contributed by atoms with Gasteiger partial charge in [-0.3, -0.25) is 4.79 Å². The van der Waals surface area contributed by atoms with Crippen molar-refractivity contribution >= 4 is 5.78 Å². The number of phenolic OH excluding ortho intramolecular Hbond substituents is 1. The van der Waals surface area contributed by atoms with Gasteiger partial charge in [0.1, 0.15) is 0 Å². The van der Waals surface area contributed by atoms with E-state index in [4.69, 9.17) is 9.47 Å². The highest BCUT2D eigenvalue weighted by atomic mass is 19.3. The minimum atomic E-state index is -3.41. The van der Waals surface area contributed by atoms with Gasteiger partial charge in [-0.2, -0.15) is 13.2 Å². The number of rotatable bonds is 8. The summed E-state index contributed by atoms with van der Waals surface area (Å²) in [6.45, 7) is 3.99. The van der Waals surface area contributed by atoms with Crippen molar-refractivity contribution in [3.8, 4) is 11.5 Å². The Labute approximate surface area is 180 Å². The maximum Gasteiger partial charge on any atom is 0.383 e. The molecule has 0 heterocycles. The smallest absolute Gasteiger partial charge is 0.383 e. The highest BCUT2D eigenvalue weighted by molar-refractivity contribution is 6.00. The number of carbonyl (C=O) groups excluding carboxylic acids is 1. The number of benzene rings is 2. The van der Waals surface area contributed by atoms with Crippen LogP contribution < -0.4 is 4.74 Å². The zero-order chi connectivity index (χ0) is 22.6. The summed E-state index contributed by atoms with van der Waals surface area (Å²) in [5.74, 6) is -1.93. The minimum absolute atomic E-state index is 0.143. The summed E-state index contributed by atoms with van der Waals surface area (Å²) >= 11 is 0. The third-order valence-corrected chi connectivity index (χ3v) is 5.61. The van der Waals surface area contributed by atoms with Crippen LogP contribution in [0.15, 0.2) is 36.4 Å². The number of halogens is 3. The second-order valence-electron chi connectivity index (χ2n) is 8.02. The maximum absolute atomic E-state index is 14.5. The summed E-state index contributed by atoms with van der Waals surface area (Å²) in [5.41, 5.74) is -0.00719. The average Bonchev–Trinajstić information content (AvgIpc) is 2.73. The molecular weight excluding hydrogens is 409 g/mol. The summed E-state index contributed by atoms with van der Waals surface area (Å²) in [7, 11) is 0. The topological polar surface area (TPSA) is 55.8 Å². The van der Waals surface area contributed by atoms with E-state index in [1.807, 2.05) is 0 Å². The number of hydrogen-bond acceptors (Lipinski definition) is 4. The third kappa shape index (κ3) is 5.58. The van der Waals surface area contributed by atoms with Crippen LogP contribution in [0, 0.1) is 11.7 Å². The number of hydrogen-bond donors (Lipinski definition) is 1. The standard InChI is InChI=1S/C24H27F3O4/c1-3-30-21-13-12-19(23(29)22(21)25)20(28)14-16-6-8-17(9-7-16)24(26,27)31-18-10-4-15(2)5-11-18/h6-9,12-13,15,18,29H,3-5,10-11,14H2,1-2H3. The Kier molecular flexibility index (Phi) is 7.26. The van der Waals surface area contributed by atoms with E-state index in [1.165, 1.54) is 36.4 Å². The molecule has 4 nitrogen and oxygen atoms in total. The fourth-order valence-electron chi connectivity index (χ4n) is 3.76. The van der Waals surface area contributed by atoms with Crippen molar-refractivity contribution in [1.29, 1.82) is 0 Å². The number of Topliss-reactive ketones (excluding diaryl/α,β-unsaturated/α-hetero) is 1. The van der Waals surface area contributed by atoms with Crippen LogP contribution in [-0.4, -0.2) is 23.6 Å². The molecule has 1 aliphatic rings. The molecule has 1 N–H and O–H groups in total. The minimum Gasteiger partial charge on any atom is -0.504 e. The quantitative estimate of drug-likeness (QED) is 0.516. The van der Waals surface area contributed by atoms with Gasteiger partial charge in [0.15, 0.2) is 17.3 Å². The van der Waals surface area contributed by atoms with Gasteiger partial charge < -0.3 is 14.6 Å².